The van der Waals surface area contributed by atoms with Gasteiger partial charge in [-0.25, -0.2) is 4.79 Å². The van der Waals surface area contributed by atoms with E-state index in [9.17, 15) is 14.7 Å². The molecular weight excluding hydrogens is 224 g/mol. The molecule has 0 fully saturated rings. The summed E-state index contributed by atoms with van der Waals surface area (Å²) >= 11 is 0. The van der Waals surface area contributed by atoms with Crippen LogP contribution in [0.4, 0.5) is 0 Å². The first-order valence-corrected chi connectivity index (χ1v) is 5.77. The van der Waals surface area contributed by atoms with Gasteiger partial charge in [0.05, 0.1) is 5.60 Å². The van der Waals surface area contributed by atoms with Crippen molar-refractivity contribution >= 4 is 11.9 Å². The highest BCUT2D eigenvalue weighted by molar-refractivity contribution is 5.82. The highest BCUT2D eigenvalue weighted by Crippen LogP contribution is 2.12. The third-order valence-electron chi connectivity index (χ3n) is 2.79. The number of carbonyl (C=O) groups is 2. The van der Waals surface area contributed by atoms with Crippen LogP contribution in [0.3, 0.4) is 0 Å². The van der Waals surface area contributed by atoms with Gasteiger partial charge in [-0.3, -0.25) is 4.79 Å². The van der Waals surface area contributed by atoms with Crippen LogP contribution in [0.15, 0.2) is 0 Å². The average molecular weight is 246 g/mol. The molecule has 0 aliphatic rings. The van der Waals surface area contributed by atoms with E-state index in [1.54, 1.807) is 0 Å². The predicted molar refractivity (Wildman–Crippen MR) is 63.6 cm³/mol. The number of carbonyl (C=O) groups excluding carboxylic acids is 1. The summed E-state index contributed by atoms with van der Waals surface area (Å²) in [7, 11) is 0. The summed E-state index contributed by atoms with van der Waals surface area (Å²) < 4.78 is 0. The van der Waals surface area contributed by atoms with E-state index >= 15 is 0 Å². The topological polar surface area (TPSA) is 98.7 Å². The second-order valence-electron chi connectivity index (χ2n) is 4.15. The van der Waals surface area contributed by atoms with E-state index in [-0.39, 0.29) is 12.5 Å². The fourth-order valence-electron chi connectivity index (χ4n) is 1.39. The van der Waals surface area contributed by atoms with Crippen molar-refractivity contribution < 1.29 is 19.8 Å². The zero-order valence-corrected chi connectivity index (χ0v) is 10.6. The number of nitrogens with one attached hydrogen (secondary N) is 2. The highest BCUT2D eigenvalue weighted by Gasteiger charge is 2.23. The number of carboxylic acids is 1. The summed E-state index contributed by atoms with van der Waals surface area (Å²) in [6.45, 7) is 5.41. The summed E-state index contributed by atoms with van der Waals surface area (Å²) in [6.07, 6.45) is 1.18. The molecule has 0 saturated heterocycles. The average Bonchev–Trinajstić information content (AvgIpc) is 2.26. The molecule has 6 heteroatoms. The Morgan fingerprint density at radius 3 is 2.18 bits per heavy atom. The van der Waals surface area contributed by atoms with Gasteiger partial charge in [0.25, 0.3) is 0 Å². The fraction of sp³-hybridized carbons (Fsp3) is 0.818. The molecule has 0 aromatic rings. The molecule has 6 nitrogen and oxygen atoms in total. The number of rotatable bonds is 8. The van der Waals surface area contributed by atoms with Crippen molar-refractivity contribution in [1.29, 1.82) is 0 Å². The summed E-state index contributed by atoms with van der Waals surface area (Å²) in [4.78, 5) is 21.6. The molecule has 1 unspecified atom stereocenters. The van der Waals surface area contributed by atoms with E-state index in [0.29, 0.717) is 19.4 Å². The first-order chi connectivity index (χ1) is 7.84. The minimum atomic E-state index is -1.09. The van der Waals surface area contributed by atoms with Gasteiger partial charge in [-0.15, -0.1) is 0 Å². The molecule has 100 valence electrons. The first kappa shape index (κ1) is 15.9. The van der Waals surface area contributed by atoms with Gasteiger partial charge in [0.2, 0.25) is 5.91 Å². The summed E-state index contributed by atoms with van der Waals surface area (Å²) in [5.74, 6) is -1.48. The molecule has 0 saturated carbocycles. The van der Waals surface area contributed by atoms with Gasteiger partial charge >= 0.3 is 5.97 Å². The quantitative estimate of drug-likeness (QED) is 0.472. The molecule has 0 aromatic carbocycles. The first-order valence-electron chi connectivity index (χ1n) is 5.77. The molecular formula is C11H22N2O4. The van der Waals surface area contributed by atoms with Crippen molar-refractivity contribution in [3.8, 4) is 0 Å². The number of aliphatic carboxylic acids is 1. The molecule has 0 aliphatic heterocycles. The van der Waals surface area contributed by atoms with E-state index < -0.39 is 17.6 Å². The largest absolute Gasteiger partial charge is 0.480 e. The van der Waals surface area contributed by atoms with E-state index in [2.05, 4.69) is 10.6 Å². The van der Waals surface area contributed by atoms with Crippen molar-refractivity contribution in [2.24, 2.45) is 0 Å². The van der Waals surface area contributed by atoms with Crippen LogP contribution in [-0.2, 0) is 9.59 Å². The molecule has 0 aromatic heterocycles. The van der Waals surface area contributed by atoms with Crippen molar-refractivity contribution in [2.75, 3.05) is 13.1 Å². The van der Waals surface area contributed by atoms with Crippen LogP contribution < -0.4 is 10.6 Å². The van der Waals surface area contributed by atoms with Crippen molar-refractivity contribution in [3.63, 3.8) is 0 Å². The smallest absolute Gasteiger partial charge is 0.327 e. The third kappa shape index (κ3) is 6.23. The van der Waals surface area contributed by atoms with E-state index in [0.717, 1.165) is 0 Å². The van der Waals surface area contributed by atoms with Crippen LogP contribution in [-0.4, -0.2) is 46.8 Å². The number of hydrogen-bond acceptors (Lipinski definition) is 4. The Balaban J connectivity index is 4.14. The Morgan fingerprint density at radius 1 is 1.29 bits per heavy atom. The molecule has 4 N–H and O–H groups in total. The molecule has 0 bridgehead atoms. The number of hydrogen-bond donors (Lipinski definition) is 4. The Hall–Kier alpha value is -1.14. The van der Waals surface area contributed by atoms with Crippen LogP contribution in [0, 0.1) is 0 Å². The number of amides is 1. The number of aliphatic hydroxyl groups is 1. The van der Waals surface area contributed by atoms with E-state index in [1.165, 1.54) is 6.92 Å². The zero-order valence-electron chi connectivity index (χ0n) is 10.6. The molecule has 0 spiro atoms. The molecule has 17 heavy (non-hydrogen) atoms. The Labute approximate surface area is 101 Å². The molecule has 0 radical (unpaired) electrons. The lowest BCUT2D eigenvalue weighted by atomic mass is 9.97. The van der Waals surface area contributed by atoms with Gasteiger partial charge in [-0.1, -0.05) is 13.8 Å². The standard InChI is InChI=1S/C11H22N2O4/c1-4-11(17,5-2)7-12-6-9(10(15)16)13-8(3)14/h9,12,17H,4-7H2,1-3H3,(H,13,14)(H,15,16). The van der Waals surface area contributed by atoms with E-state index in [1.807, 2.05) is 13.8 Å². The van der Waals surface area contributed by atoms with Crippen molar-refractivity contribution in [2.45, 2.75) is 45.3 Å². The Bertz CT molecular complexity index is 264. The maximum absolute atomic E-state index is 10.8. The molecule has 0 heterocycles. The lowest BCUT2D eigenvalue weighted by molar-refractivity contribution is -0.141. The molecule has 1 amide bonds. The van der Waals surface area contributed by atoms with Crippen LogP contribution in [0.25, 0.3) is 0 Å². The van der Waals surface area contributed by atoms with Gasteiger partial charge in [-0.05, 0) is 12.8 Å². The van der Waals surface area contributed by atoms with Gasteiger partial charge in [-0.2, -0.15) is 0 Å². The van der Waals surface area contributed by atoms with Gasteiger partial charge in [0, 0.05) is 20.0 Å². The summed E-state index contributed by atoms with van der Waals surface area (Å²) in [5, 5.41) is 24.0. The third-order valence-corrected chi connectivity index (χ3v) is 2.79. The Morgan fingerprint density at radius 2 is 1.82 bits per heavy atom. The fourth-order valence-corrected chi connectivity index (χ4v) is 1.39. The molecule has 0 aliphatic carbocycles. The second-order valence-corrected chi connectivity index (χ2v) is 4.15. The zero-order chi connectivity index (χ0) is 13.5. The monoisotopic (exact) mass is 246 g/mol. The predicted octanol–water partition coefficient (Wildman–Crippen LogP) is -0.284. The Kier molecular flexibility index (Phi) is 6.75. The highest BCUT2D eigenvalue weighted by atomic mass is 16.4. The second kappa shape index (κ2) is 7.24. The van der Waals surface area contributed by atoms with Crippen LogP contribution in [0.5, 0.6) is 0 Å². The molecule has 1 atom stereocenters. The lowest BCUT2D eigenvalue weighted by Gasteiger charge is -2.26. The van der Waals surface area contributed by atoms with Crippen molar-refractivity contribution in [1.82, 2.24) is 10.6 Å². The normalized spacial score (nSPS) is 13.2. The van der Waals surface area contributed by atoms with E-state index in [4.69, 9.17) is 5.11 Å². The van der Waals surface area contributed by atoms with Crippen molar-refractivity contribution in [3.05, 3.63) is 0 Å². The van der Waals surface area contributed by atoms with Gasteiger partial charge in [0.15, 0.2) is 0 Å². The SMILES string of the molecule is CCC(O)(CC)CNCC(NC(C)=O)C(=O)O. The van der Waals surface area contributed by atoms with Crippen LogP contribution in [0.1, 0.15) is 33.6 Å². The summed E-state index contributed by atoms with van der Waals surface area (Å²) in [5.41, 5.74) is -0.820. The van der Waals surface area contributed by atoms with Gasteiger partial charge in [0.1, 0.15) is 6.04 Å². The lowest BCUT2D eigenvalue weighted by Crippen LogP contribution is -2.49. The maximum atomic E-state index is 10.8. The summed E-state index contributed by atoms with van der Waals surface area (Å²) in [6, 6.07) is -0.967. The maximum Gasteiger partial charge on any atom is 0.327 e. The minimum absolute atomic E-state index is 0.0945. The minimum Gasteiger partial charge on any atom is -0.480 e. The van der Waals surface area contributed by atoms with Gasteiger partial charge < -0.3 is 20.8 Å². The molecule has 0 rings (SSSR count). The van der Waals surface area contributed by atoms with Crippen LogP contribution in [0.2, 0.25) is 0 Å². The van der Waals surface area contributed by atoms with Crippen LogP contribution >= 0.6 is 0 Å². The number of carboxylic acid groups (broad SMARTS) is 1.